The lowest BCUT2D eigenvalue weighted by Crippen LogP contribution is -2.30. The third-order valence-electron chi connectivity index (χ3n) is 17.9. The highest BCUT2D eigenvalue weighted by molar-refractivity contribution is 5.71. The number of ether oxygens (including phenoxy) is 3. The van der Waals surface area contributed by atoms with Gasteiger partial charge in [-0.05, 0) is 19.3 Å². The fourth-order valence-electron chi connectivity index (χ4n) is 12.2. The van der Waals surface area contributed by atoms with E-state index in [1.165, 1.54) is 353 Å². The molecule has 0 aromatic carbocycles. The van der Waals surface area contributed by atoms with E-state index in [1.807, 2.05) is 0 Å². The molecule has 488 valence electrons. The summed E-state index contributed by atoms with van der Waals surface area (Å²) in [6.45, 7) is 6.73. The van der Waals surface area contributed by atoms with E-state index in [2.05, 4.69) is 20.8 Å². The molecule has 0 aliphatic carbocycles. The molecule has 0 spiro atoms. The van der Waals surface area contributed by atoms with Crippen LogP contribution >= 0.6 is 0 Å². The van der Waals surface area contributed by atoms with Crippen LogP contribution in [-0.4, -0.2) is 37.2 Å². The van der Waals surface area contributed by atoms with Crippen molar-refractivity contribution in [3.8, 4) is 0 Å². The zero-order valence-corrected chi connectivity index (χ0v) is 56.3. The van der Waals surface area contributed by atoms with Crippen LogP contribution in [0.25, 0.3) is 0 Å². The van der Waals surface area contributed by atoms with Gasteiger partial charge in [0.2, 0.25) is 0 Å². The molecule has 0 fully saturated rings. The summed E-state index contributed by atoms with van der Waals surface area (Å²) < 4.78 is 17.0. The number of carbonyl (C=O) groups is 3. The number of unbranched alkanes of at least 4 members (excludes halogenated alkanes) is 61. The second-order valence-corrected chi connectivity index (χ2v) is 26.3. The van der Waals surface area contributed by atoms with E-state index < -0.39 is 6.10 Å². The van der Waals surface area contributed by atoms with Crippen LogP contribution in [0.1, 0.15) is 451 Å². The summed E-state index contributed by atoms with van der Waals surface area (Å²) in [5, 5.41) is 0. The van der Waals surface area contributed by atoms with Crippen molar-refractivity contribution in [1.29, 1.82) is 0 Å². The first-order valence-electron chi connectivity index (χ1n) is 38.0. The first-order chi connectivity index (χ1) is 40.5. The fraction of sp³-hybridized carbons (Fsp3) is 0.961. The highest BCUT2D eigenvalue weighted by atomic mass is 16.6. The van der Waals surface area contributed by atoms with E-state index in [4.69, 9.17) is 14.2 Å². The van der Waals surface area contributed by atoms with E-state index in [1.54, 1.807) is 0 Å². The molecule has 1 atom stereocenters. The lowest BCUT2D eigenvalue weighted by molar-refractivity contribution is -0.167. The summed E-state index contributed by atoms with van der Waals surface area (Å²) >= 11 is 0. The number of hydrogen-bond donors (Lipinski definition) is 0. The summed E-state index contributed by atoms with van der Waals surface area (Å²) in [5.74, 6) is -0.824. The van der Waals surface area contributed by atoms with Gasteiger partial charge in [0.1, 0.15) is 13.2 Å². The van der Waals surface area contributed by atoms with Gasteiger partial charge in [0, 0.05) is 19.3 Å². The Hall–Kier alpha value is -1.59. The Kier molecular flexibility index (Phi) is 70.5. The zero-order valence-electron chi connectivity index (χ0n) is 56.3. The summed E-state index contributed by atoms with van der Waals surface area (Å²) in [5.41, 5.74) is 0. The van der Waals surface area contributed by atoms with Crippen LogP contribution in [0, 0.1) is 0 Å². The van der Waals surface area contributed by atoms with Gasteiger partial charge >= 0.3 is 17.9 Å². The molecule has 0 aliphatic rings. The Morgan fingerprint density at radius 3 is 0.488 bits per heavy atom. The second-order valence-electron chi connectivity index (χ2n) is 26.3. The SMILES string of the molecule is CCCCCCCCCCCCCCCCCCCCCCCCCCCCCCCCCCCCCC(=O)OCC(COC(=O)CCCCCCCCCCCC)OC(=O)CCCCCCCCCCCCCCCCCCCCC. The van der Waals surface area contributed by atoms with Gasteiger partial charge in [0.05, 0.1) is 0 Å². The van der Waals surface area contributed by atoms with Crippen LogP contribution in [0.15, 0.2) is 0 Å². The lowest BCUT2D eigenvalue weighted by atomic mass is 10.0. The Morgan fingerprint density at radius 2 is 0.329 bits per heavy atom. The van der Waals surface area contributed by atoms with Crippen LogP contribution in [-0.2, 0) is 28.6 Å². The van der Waals surface area contributed by atoms with Crippen LogP contribution in [0.4, 0.5) is 0 Å². The zero-order chi connectivity index (χ0) is 59.2. The molecule has 0 aromatic rings. The molecular formula is C76H148O6. The molecule has 0 amide bonds. The molecule has 0 aromatic heterocycles. The van der Waals surface area contributed by atoms with E-state index in [9.17, 15) is 14.4 Å². The molecule has 0 aliphatic heterocycles. The number of hydrogen-bond acceptors (Lipinski definition) is 6. The van der Waals surface area contributed by atoms with Gasteiger partial charge in [0.15, 0.2) is 6.10 Å². The van der Waals surface area contributed by atoms with E-state index in [-0.39, 0.29) is 31.1 Å². The molecule has 0 rings (SSSR count). The minimum Gasteiger partial charge on any atom is -0.462 e. The molecule has 6 heteroatoms. The molecule has 82 heavy (non-hydrogen) atoms. The van der Waals surface area contributed by atoms with Crippen LogP contribution in [0.5, 0.6) is 0 Å². The highest BCUT2D eigenvalue weighted by Crippen LogP contribution is 2.20. The topological polar surface area (TPSA) is 78.9 Å². The smallest absolute Gasteiger partial charge is 0.306 e. The molecule has 0 saturated carbocycles. The normalized spacial score (nSPS) is 11.9. The van der Waals surface area contributed by atoms with Crippen molar-refractivity contribution in [2.45, 2.75) is 457 Å². The molecule has 0 N–H and O–H groups in total. The van der Waals surface area contributed by atoms with Crippen molar-refractivity contribution in [3.05, 3.63) is 0 Å². The van der Waals surface area contributed by atoms with E-state index in [0.29, 0.717) is 19.3 Å². The molecule has 6 nitrogen and oxygen atoms in total. The number of rotatable bonds is 72. The molecule has 0 heterocycles. The molecular weight excluding hydrogens is 1010 g/mol. The first-order valence-corrected chi connectivity index (χ1v) is 38.0. The standard InChI is InChI=1S/C76H148O6/c1-4-7-10-13-16-19-22-24-26-28-30-31-32-33-34-35-36-37-38-39-40-41-42-43-44-45-47-48-50-52-54-57-60-63-66-69-75(78)81-72-73(71-80-74(77)68-65-62-59-56-21-18-15-12-9-6-3)82-76(79)70-67-64-61-58-55-53-51-49-46-29-27-25-23-20-17-14-11-8-5-2/h73H,4-72H2,1-3H3. The van der Waals surface area contributed by atoms with E-state index >= 15 is 0 Å². The van der Waals surface area contributed by atoms with Crippen molar-refractivity contribution in [3.63, 3.8) is 0 Å². The largest absolute Gasteiger partial charge is 0.462 e. The third kappa shape index (κ3) is 69.2. The fourth-order valence-corrected chi connectivity index (χ4v) is 12.2. The van der Waals surface area contributed by atoms with E-state index in [0.717, 1.165) is 57.8 Å². The van der Waals surface area contributed by atoms with Gasteiger partial charge in [-0.1, -0.05) is 412 Å². The van der Waals surface area contributed by atoms with Crippen LogP contribution < -0.4 is 0 Å². The molecule has 0 bridgehead atoms. The quantitative estimate of drug-likeness (QED) is 0.0343. The maximum atomic E-state index is 12.9. The summed E-state index contributed by atoms with van der Waals surface area (Å²) in [7, 11) is 0. The maximum absolute atomic E-state index is 12.9. The number of esters is 3. The maximum Gasteiger partial charge on any atom is 0.306 e. The molecule has 1 unspecified atom stereocenters. The van der Waals surface area contributed by atoms with Crippen molar-refractivity contribution in [2.75, 3.05) is 13.2 Å². The first kappa shape index (κ1) is 80.4. The monoisotopic (exact) mass is 1160 g/mol. The van der Waals surface area contributed by atoms with Gasteiger partial charge in [0.25, 0.3) is 0 Å². The molecule has 0 saturated heterocycles. The van der Waals surface area contributed by atoms with Gasteiger partial charge in [-0.25, -0.2) is 0 Å². The average molecular weight is 1160 g/mol. The molecule has 0 radical (unpaired) electrons. The highest BCUT2D eigenvalue weighted by Gasteiger charge is 2.20. The average Bonchev–Trinajstić information content (AvgIpc) is 3.48. The summed E-state index contributed by atoms with van der Waals surface area (Å²) in [6, 6.07) is 0. The van der Waals surface area contributed by atoms with Crippen LogP contribution in [0.3, 0.4) is 0 Å². The van der Waals surface area contributed by atoms with Crippen molar-refractivity contribution in [1.82, 2.24) is 0 Å². The van der Waals surface area contributed by atoms with Crippen molar-refractivity contribution >= 4 is 17.9 Å². The summed E-state index contributed by atoms with van der Waals surface area (Å²) in [6.07, 6.45) is 86.1. The summed E-state index contributed by atoms with van der Waals surface area (Å²) in [4.78, 5) is 38.3. The van der Waals surface area contributed by atoms with Crippen molar-refractivity contribution < 1.29 is 28.6 Å². The Balaban J connectivity index is 3.97. The second kappa shape index (κ2) is 71.9. The lowest BCUT2D eigenvalue weighted by Gasteiger charge is -2.18. The van der Waals surface area contributed by atoms with Gasteiger partial charge in [-0.2, -0.15) is 0 Å². The third-order valence-corrected chi connectivity index (χ3v) is 17.9. The minimum atomic E-state index is -0.763. The Bertz CT molecular complexity index is 1240. The minimum absolute atomic E-state index is 0.0605. The predicted molar refractivity (Wildman–Crippen MR) is 358 cm³/mol. The van der Waals surface area contributed by atoms with Gasteiger partial charge < -0.3 is 14.2 Å². The Morgan fingerprint density at radius 1 is 0.195 bits per heavy atom. The van der Waals surface area contributed by atoms with Gasteiger partial charge in [-0.15, -0.1) is 0 Å². The van der Waals surface area contributed by atoms with Gasteiger partial charge in [-0.3, -0.25) is 14.4 Å². The Labute approximate surface area is 514 Å². The number of carbonyl (C=O) groups excluding carboxylic acids is 3. The van der Waals surface area contributed by atoms with Crippen molar-refractivity contribution in [2.24, 2.45) is 0 Å². The predicted octanol–water partition coefficient (Wildman–Crippen LogP) is 26.2. The van der Waals surface area contributed by atoms with Crippen LogP contribution in [0.2, 0.25) is 0 Å².